The van der Waals surface area contributed by atoms with Crippen LogP contribution in [0.4, 0.5) is 0 Å². The van der Waals surface area contributed by atoms with Crippen LogP contribution in [0.1, 0.15) is 16.2 Å². The zero-order valence-corrected chi connectivity index (χ0v) is 13.6. The molecule has 23 heavy (non-hydrogen) atoms. The first-order chi connectivity index (χ1) is 11.2. The molecule has 7 nitrogen and oxygen atoms in total. The van der Waals surface area contributed by atoms with Crippen molar-refractivity contribution < 1.29 is 23.1 Å². The lowest BCUT2D eigenvalue weighted by atomic mass is 10.2. The maximum atomic E-state index is 11.5. The van der Waals surface area contributed by atoms with Gasteiger partial charge in [-0.1, -0.05) is 6.07 Å². The Labute approximate surface area is 139 Å². The average molecular weight is 379 g/mol. The van der Waals surface area contributed by atoms with E-state index in [1.807, 2.05) is 0 Å². The fraction of sp³-hybridized carbons (Fsp3) is 0.133. The number of ether oxygens (including phenoxy) is 2. The van der Waals surface area contributed by atoms with Crippen LogP contribution in [0.15, 0.2) is 49.9 Å². The van der Waals surface area contributed by atoms with E-state index in [0.717, 1.165) is 0 Å². The standard InChI is InChI=1S/C15H11BrN2O5/c1-20-15(19)9-3-2-4-10(7-9)21-8-13-17-18-14(23-13)11-5-6-12(16)22-11/h2-7H,8H2,1H3. The number of furan rings is 1. The topological polar surface area (TPSA) is 87.6 Å². The Hall–Kier alpha value is -2.61. The largest absolute Gasteiger partial charge is 0.484 e. The van der Waals surface area contributed by atoms with E-state index in [9.17, 15) is 4.79 Å². The molecule has 118 valence electrons. The number of hydrogen-bond acceptors (Lipinski definition) is 7. The van der Waals surface area contributed by atoms with E-state index in [4.69, 9.17) is 13.6 Å². The minimum Gasteiger partial charge on any atom is -0.484 e. The van der Waals surface area contributed by atoms with Crippen LogP contribution in [0.25, 0.3) is 11.7 Å². The van der Waals surface area contributed by atoms with Crippen LogP contribution in [0.2, 0.25) is 0 Å². The third kappa shape index (κ3) is 3.59. The smallest absolute Gasteiger partial charge is 0.337 e. The third-order valence-electron chi connectivity index (χ3n) is 2.87. The van der Waals surface area contributed by atoms with E-state index in [1.54, 1.807) is 36.4 Å². The molecule has 0 atom stereocenters. The van der Waals surface area contributed by atoms with Gasteiger partial charge in [-0.15, -0.1) is 10.2 Å². The number of esters is 1. The fourth-order valence-electron chi connectivity index (χ4n) is 1.82. The Bertz CT molecular complexity index is 827. The van der Waals surface area contributed by atoms with Gasteiger partial charge in [-0.25, -0.2) is 4.79 Å². The minimum atomic E-state index is -0.432. The van der Waals surface area contributed by atoms with Crippen LogP contribution < -0.4 is 4.74 Å². The van der Waals surface area contributed by atoms with Crippen LogP contribution in [0, 0.1) is 0 Å². The second-order valence-electron chi connectivity index (χ2n) is 4.41. The number of carbonyl (C=O) groups excluding carboxylic acids is 1. The van der Waals surface area contributed by atoms with Crippen LogP contribution in [0.5, 0.6) is 5.75 Å². The molecule has 0 aliphatic heterocycles. The molecule has 0 saturated carbocycles. The average Bonchev–Trinajstić information content (AvgIpc) is 3.21. The minimum absolute atomic E-state index is 0.0690. The van der Waals surface area contributed by atoms with E-state index in [0.29, 0.717) is 21.7 Å². The van der Waals surface area contributed by atoms with Crippen LogP contribution in [-0.4, -0.2) is 23.3 Å². The maximum Gasteiger partial charge on any atom is 0.337 e. The summed E-state index contributed by atoms with van der Waals surface area (Å²) in [7, 11) is 1.32. The van der Waals surface area contributed by atoms with Crippen molar-refractivity contribution in [2.75, 3.05) is 7.11 Å². The van der Waals surface area contributed by atoms with Gasteiger partial charge in [0.15, 0.2) is 17.0 Å². The van der Waals surface area contributed by atoms with Crippen molar-refractivity contribution in [3.05, 3.63) is 52.5 Å². The second-order valence-corrected chi connectivity index (χ2v) is 5.19. The Morgan fingerprint density at radius 3 is 2.83 bits per heavy atom. The van der Waals surface area contributed by atoms with Crippen molar-refractivity contribution in [3.63, 3.8) is 0 Å². The summed E-state index contributed by atoms with van der Waals surface area (Å²) in [4.78, 5) is 11.5. The molecule has 8 heteroatoms. The van der Waals surface area contributed by atoms with Gasteiger partial charge in [0.1, 0.15) is 5.75 Å². The van der Waals surface area contributed by atoms with Crippen LogP contribution in [-0.2, 0) is 11.3 Å². The summed E-state index contributed by atoms with van der Waals surface area (Å²) in [5.41, 5.74) is 0.400. The second kappa shape index (κ2) is 6.66. The summed E-state index contributed by atoms with van der Waals surface area (Å²) in [6, 6.07) is 10.1. The van der Waals surface area contributed by atoms with E-state index in [1.165, 1.54) is 7.11 Å². The molecule has 2 heterocycles. The predicted octanol–water partition coefficient (Wildman–Crippen LogP) is 3.46. The highest BCUT2D eigenvalue weighted by Gasteiger charge is 2.13. The maximum absolute atomic E-state index is 11.5. The first-order valence-corrected chi connectivity index (χ1v) is 7.34. The van der Waals surface area contributed by atoms with Crippen LogP contribution >= 0.6 is 15.9 Å². The molecule has 0 amide bonds. The number of carbonyl (C=O) groups is 1. The molecule has 1 aromatic carbocycles. The van der Waals surface area contributed by atoms with Gasteiger partial charge in [-0.05, 0) is 46.3 Å². The molecule has 3 rings (SSSR count). The molecule has 0 aliphatic carbocycles. The van der Waals surface area contributed by atoms with Gasteiger partial charge in [0.2, 0.25) is 0 Å². The predicted molar refractivity (Wildman–Crippen MR) is 81.8 cm³/mol. The highest BCUT2D eigenvalue weighted by atomic mass is 79.9. The highest BCUT2D eigenvalue weighted by Crippen LogP contribution is 2.24. The van der Waals surface area contributed by atoms with Gasteiger partial charge in [0.05, 0.1) is 12.7 Å². The van der Waals surface area contributed by atoms with E-state index >= 15 is 0 Å². The summed E-state index contributed by atoms with van der Waals surface area (Å²) >= 11 is 3.20. The number of halogens is 1. The normalized spacial score (nSPS) is 10.5. The quantitative estimate of drug-likeness (QED) is 0.628. The molecule has 3 aromatic rings. The molecule has 0 bridgehead atoms. The fourth-order valence-corrected chi connectivity index (χ4v) is 2.12. The first kappa shape index (κ1) is 15.3. The van der Waals surface area contributed by atoms with Crippen molar-refractivity contribution in [2.45, 2.75) is 6.61 Å². The summed E-state index contributed by atoms with van der Waals surface area (Å²) < 4.78 is 21.5. The van der Waals surface area contributed by atoms with Crippen LogP contribution in [0.3, 0.4) is 0 Å². The van der Waals surface area contributed by atoms with E-state index in [-0.39, 0.29) is 18.4 Å². The molecule has 0 unspecified atom stereocenters. The lowest BCUT2D eigenvalue weighted by molar-refractivity contribution is 0.0600. The van der Waals surface area contributed by atoms with Gasteiger partial charge in [0.25, 0.3) is 11.8 Å². The summed E-state index contributed by atoms with van der Waals surface area (Å²) in [6.45, 7) is 0.0690. The van der Waals surface area contributed by atoms with Crippen molar-refractivity contribution in [1.29, 1.82) is 0 Å². The summed E-state index contributed by atoms with van der Waals surface area (Å²) in [5, 5.41) is 7.77. The zero-order valence-electron chi connectivity index (χ0n) is 12.0. The SMILES string of the molecule is COC(=O)c1cccc(OCc2nnc(-c3ccc(Br)o3)o2)c1. The van der Waals surface area contributed by atoms with Gasteiger partial charge < -0.3 is 18.3 Å². The molecule has 2 aromatic heterocycles. The van der Waals surface area contributed by atoms with Gasteiger partial charge in [0, 0.05) is 0 Å². The monoisotopic (exact) mass is 378 g/mol. The Morgan fingerprint density at radius 2 is 2.09 bits per heavy atom. The van der Waals surface area contributed by atoms with E-state index < -0.39 is 5.97 Å². The number of nitrogens with zero attached hydrogens (tertiary/aromatic N) is 2. The molecule has 0 spiro atoms. The van der Waals surface area contributed by atoms with E-state index in [2.05, 4.69) is 30.9 Å². The number of benzene rings is 1. The molecule has 0 N–H and O–H groups in total. The highest BCUT2D eigenvalue weighted by molar-refractivity contribution is 9.10. The lowest BCUT2D eigenvalue weighted by Crippen LogP contribution is -2.02. The van der Waals surface area contributed by atoms with Gasteiger partial charge in [-0.2, -0.15) is 0 Å². The molecular weight excluding hydrogens is 368 g/mol. The van der Waals surface area contributed by atoms with Crippen molar-refractivity contribution in [3.8, 4) is 17.4 Å². The molecule has 0 fully saturated rings. The Kier molecular flexibility index (Phi) is 4.42. The van der Waals surface area contributed by atoms with Crippen molar-refractivity contribution in [2.24, 2.45) is 0 Å². The number of aromatic nitrogens is 2. The number of methoxy groups -OCH3 is 1. The van der Waals surface area contributed by atoms with Crippen molar-refractivity contribution >= 4 is 21.9 Å². The first-order valence-electron chi connectivity index (χ1n) is 6.55. The van der Waals surface area contributed by atoms with Gasteiger partial charge in [-0.3, -0.25) is 0 Å². The summed E-state index contributed by atoms with van der Waals surface area (Å²) in [6.07, 6.45) is 0. The Balaban J connectivity index is 1.67. The molecule has 0 radical (unpaired) electrons. The molecule has 0 saturated heterocycles. The third-order valence-corrected chi connectivity index (χ3v) is 3.29. The summed E-state index contributed by atoms with van der Waals surface area (Å²) in [5.74, 6) is 1.07. The zero-order chi connectivity index (χ0) is 16.2. The molecule has 0 aliphatic rings. The number of rotatable bonds is 5. The Morgan fingerprint density at radius 1 is 1.22 bits per heavy atom. The van der Waals surface area contributed by atoms with Crippen molar-refractivity contribution in [1.82, 2.24) is 10.2 Å². The number of hydrogen-bond donors (Lipinski definition) is 0. The van der Waals surface area contributed by atoms with Gasteiger partial charge >= 0.3 is 5.97 Å². The molecular formula is C15H11BrN2O5. The lowest BCUT2D eigenvalue weighted by Gasteiger charge is -2.05.